The third-order valence-corrected chi connectivity index (χ3v) is 5.03. The minimum atomic E-state index is -0.337. The van der Waals surface area contributed by atoms with Crippen LogP contribution in [0.5, 0.6) is 0 Å². The standard InChI is InChI=1S/C16H29N3O2/c1-4-12(2)15-16(21)19(10-7-14(20)17-15)11-13-5-8-18(3)9-6-13/h12-13,15H,4-11H2,1-3H3,(H,17,20). The Hall–Kier alpha value is -1.10. The van der Waals surface area contributed by atoms with E-state index in [9.17, 15) is 9.59 Å². The topological polar surface area (TPSA) is 52.7 Å². The summed E-state index contributed by atoms with van der Waals surface area (Å²) >= 11 is 0. The molecule has 0 saturated carbocycles. The first-order chi connectivity index (χ1) is 10.0. The van der Waals surface area contributed by atoms with Crippen LogP contribution in [0.2, 0.25) is 0 Å². The lowest BCUT2D eigenvalue weighted by Crippen LogP contribution is -2.49. The van der Waals surface area contributed by atoms with E-state index in [1.165, 1.54) is 0 Å². The van der Waals surface area contributed by atoms with Crippen LogP contribution in [-0.2, 0) is 9.59 Å². The lowest BCUT2D eigenvalue weighted by atomic mass is 9.94. The Bertz CT molecular complexity index is 378. The fraction of sp³-hybridized carbons (Fsp3) is 0.875. The number of rotatable bonds is 4. The number of hydrogen-bond acceptors (Lipinski definition) is 3. The van der Waals surface area contributed by atoms with Crippen LogP contribution in [0.15, 0.2) is 0 Å². The van der Waals surface area contributed by atoms with Gasteiger partial charge in [0.15, 0.2) is 0 Å². The van der Waals surface area contributed by atoms with Gasteiger partial charge >= 0.3 is 0 Å². The van der Waals surface area contributed by atoms with Gasteiger partial charge in [-0.05, 0) is 44.8 Å². The first-order valence-corrected chi connectivity index (χ1v) is 8.28. The Morgan fingerprint density at radius 3 is 2.52 bits per heavy atom. The minimum absolute atomic E-state index is 0.0135. The number of carbonyl (C=O) groups excluding carboxylic acids is 2. The Morgan fingerprint density at radius 1 is 1.24 bits per heavy atom. The van der Waals surface area contributed by atoms with Crippen LogP contribution in [0.4, 0.5) is 0 Å². The summed E-state index contributed by atoms with van der Waals surface area (Å²) in [4.78, 5) is 28.9. The van der Waals surface area contributed by atoms with E-state index >= 15 is 0 Å². The van der Waals surface area contributed by atoms with Crippen molar-refractivity contribution in [3.05, 3.63) is 0 Å². The summed E-state index contributed by atoms with van der Waals surface area (Å²) in [5.74, 6) is 0.907. The van der Waals surface area contributed by atoms with Gasteiger partial charge in [-0.1, -0.05) is 20.3 Å². The van der Waals surface area contributed by atoms with E-state index in [-0.39, 0.29) is 23.8 Å². The molecule has 2 atom stereocenters. The van der Waals surface area contributed by atoms with Crippen LogP contribution in [0.3, 0.4) is 0 Å². The van der Waals surface area contributed by atoms with Gasteiger partial charge in [0.2, 0.25) is 11.8 Å². The highest BCUT2D eigenvalue weighted by Crippen LogP contribution is 2.20. The normalized spacial score (nSPS) is 27.4. The minimum Gasteiger partial charge on any atom is -0.344 e. The van der Waals surface area contributed by atoms with E-state index < -0.39 is 0 Å². The molecule has 0 radical (unpaired) electrons. The summed E-state index contributed by atoms with van der Waals surface area (Å²) in [6, 6.07) is -0.337. The number of carbonyl (C=O) groups is 2. The van der Waals surface area contributed by atoms with Crippen molar-refractivity contribution in [3.8, 4) is 0 Å². The summed E-state index contributed by atoms with van der Waals surface area (Å²) in [5, 5.41) is 2.92. The highest BCUT2D eigenvalue weighted by atomic mass is 16.2. The molecule has 0 spiro atoms. The second kappa shape index (κ2) is 7.25. The van der Waals surface area contributed by atoms with E-state index in [0.717, 1.165) is 38.9 Å². The van der Waals surface area contributed by atoms with Gasteiger partial charge in [-0.25, -0.2) is 0 Å². The Labute approximate surface area is 128 Å². The third-order valence-electron chi connectivity index (χ3n) is 5.03. The van der Waals surface area contributed by atoms with E-state index in [0.29, 0.717) is 18.9 Å². The van der Waals surface area contributed by atoms with E-state index in [1.54, 1.807) is 0 Å². The van der Waals surface area contributed by atoms with E-state index in [4.69, 9.17) is 0 Å². The molecule has 1 N–H and O–H groups in total. The predicted molar refractivity (Wildman–Crippen MR) is 82.8 cm³/mol. The molecular weight excluding hydrogens is 266 g/mol. The maximum atomic E-state index is 12.7. The van der Waals surface area contributed by atoms with Crippen LogP contribution >= 0.6 is 0 Å². The Balaban J connectivity index is 2.00. The number of nitrogens with zero attached hydrogens (tertiary/aromatic N) is 2. The smallest absolute Gasteiger partial charge is 0.245 e. The Kier molecular flexibility index (Phi) is 5.62. The molecule has 5 nitrogen and oxygen atoms in total. The van der Waals surface area contributed by atoms with Crippen LogP contribution in [-0.4, -0.2) is 60.9 Å². The zero-order valence-corrected chi connectivity index (χ0v) is 13.6. The first-order valence-electron chi connectivity index (χ1n) is 8.28. The van der Waals surface area contributed by atoms with Gasteiger partial charge in [0.1, 0.15) is 6.04 Å². The number of hydrogen-bond donors (Lipinski definition) is 1. The van der Waals surface area contributed by atoms with Crippen molar-refractivity contribution < 1.29 is 9.59 Å². The molecule has 0 aromatic carbocycles. The van der Waals surface area contributed by atoms with E-state index in [2.05, 4.69) is 24.2 Å². The summed E-state index contributed by atoms with van der Waals surface area (Å²) in [5.41, 5.74) is 0. The second-order valence-corrected chi connectivity index (χ2v) is 6.71. The average Bonchev–Trinajstić information content (AvgIpc) is 2.62. The summed E-state index contributed by atoms with van der Waals surface area (Å²) in [6.07, 6.45) is 3.63. The largest absolute Gasteiger partial charge is 0.344 e. The van der Waals surface area contributed by atoms with Crippen molar-refractivity contribution in [2.24, 2.45) is 11.8 Å². The van der Waals surface area contributed by atoms with Gasteiger partial charge in [-0.15, -0.1) is 0 Å². The molecule has 2 heterocycles. The Morgan fingerprint density at radius 2 is 1.90 bits per heavy atom. The molecule has 2 fully saturated rings. The number of amides is 2. The zero-order chi connectivity index (χ0) is 15.4. The van der Waals surface area contributed by atoms with Crippen molar-refractivity contribution in [2.45, 2.75) is 45.6 Å². The van der Waals surface area contributed by atoms with Crippen molar-refractivity contribution in [3.63, 3.8) is 0 Å². The van der Waals surface area contributed by atoms with Crippen LogP contribution in [0.1, 0.15) is 39.5 Å². The fourth-order valence-electron chi connectivity index (χ4n) is 3.21. The average molecular weight is 295 g/mol. The van der Waals surface area contributed by atoms with Gasteiger partial charge < -0.3 is 15.1 Å². The molecule has 0 aromatic rings. The molecule has 120 valence electrons. The van der Waals surface area contributed by atoms with Crippen LogP contribution < -0.4 is 5.32 Å². The maximum absolute atomic E-state index is 12.7. The third kappa shape index (κ3) is 4.19. The molecule has 2 saturated heterocycles. The summed E-state index contributed by atoms with van der Waals surface area (Å²) < 4.78 is 0. The first kappa shape index (κ1) is 16.3. The number of likely N-dealkylation sites (tertiary alicyclic amines) is 1. The van der Waals surface area contributed by atoms with Gasteiger partial charge in [0.05, 0.1) is 0 Å². The van der Waals surface area contributed by atoms with Crippen molar-refractivity contribution in [2.75, 3.05) is 33.2 Å². The maximum Gasteiger partial charge on any atom is 0.245 e. The monoisotopic (exact) mass is 295 g/mol. The SMILES string of the molecule is CCC(C)C1NC(=O)CCN(CC2CCN(C)CC2)C1=O. The summed E-state index contributed by atoms with van der Waals surface area (Å²) in [6.45, 7) is 7.72. The van der Waals surface area contributed by atoms with Crippen LogP contribution in [0.25, 0.3) is 0 Å². The highest BCUT2D eigenvalue weighted by molar-refractivity contribution is 5.90. The molecule has 2 aliphatic rings. The van der Waals surface area contributed by atoms with E-state index in [1.807, 2.05) is 11.8 Å². The highest BCUT2D eigenvalue weighted by Gasteiger charge is 2.34. The molecule has 2 aliphatic heterocycles. The molecule has 5 heteroatoms. The molecule has 0 aromatic heterocycles. The second-order valence-electron chi connectivity index (χ2n) is 6.71. The van der Waals surface area contributed by atoms with Gasteiger partial charge in [0.25, 0.3) is 0 Å². The number of piperidine rings is 1. The van der Waals surface area contributed by atoms with Crippen molar-refractivity contribution in [1.29, 1.82) is 0 Å². The summed E-state index contributed by atoms with van der Waals surface area (Å²) in [7, 11) is 2.15. The fourth-order valence-corrected chi connectivity index (χ4v) is 3.21. The van der Waals surface area contributed by atoms with Crippen molar-refractivity contribution in [1.82, 2.24) is 15.1 Å². The van der Waals surface area contributed by atoms with Gasteiger partial charge in [0, 0.05) is 19.5 Å². The lowest BCUT2D eigenvalue weighted by Gasteiger charge is -2.34. The molecule has 2 unspecified atom stereocenters. The lowest BCUT2D eigenvalue weighted by molar-refractivity contribution is -0.135. The molecule has 2 rings (SSSR count). The van der Waals surface area contributed by atoms with Crippen LogP contribution in [0, 0.1) is 11.8 Å². The van der Waals surface area contributed by atoms with Crippen molar-refractivity contribution >= 4 is 11.8 Å². The molecule has 0 aliphatic carbocycles. The molecule has 0 bridgehead atoms. The zero-order valence-electron chi connectivity index (χ0n) is 13.6. The quantitative estimate of drug-likeness (QED) is 0.845. The molecule has 2 amide bonds. The molecule has 21 heavy (non-hydrogen) atoms. The molecular formula is C16H29N3O2. The number of nitrogens with one attached hydrogen (secondary N) is 1. The van der Waals surface area contributed by atoms with Gasteiger partial charge in [-0.3, -0.25) is 9.59 Å². The van der Waals surface area contributed by atoms with Gasteiger partial charge in [-0.2, -0.15) is 0 Å². The predicted octanol–water partition coefficient (Wildman–Crippen LogP) is 1.09.